The lowest BCUT2D eigenvalue weighted by Crippen LogP contribution is -2.10. The van der Waals surface area contributed by atoms with E-state index in [4.69, 9.17) is 15.6 Å². The summed E-state index contributed by atoms with van der Waals surface area (Å²) in [6.07, 6.45) is 0. The number of carbonyl (C=O) groups excluding carboxylic acids is 1. The van der Waals surface area contributed by atoms with Gasteiger partial charge in [0.2, 0.25) is 0 Å². The number of aliphatic hydroxyl groups is 1. The van der Waals surface area contributed by atoms with Gasteiger partial charge in [-0.2, -0.15) is 11.8 Å². The fourth-order valence-electron chi connectivity index (χ4n) is 1.51. The van der Waals surface area contributed by atoms with Gasteiger partial charge in [0.1, 0.15) is 0 Å². The summed E-state index contributed by atoms with van der Waals surface area (Å²) in [5.41, 5.74) is 7.57. The van der Waals surface area contributed by atoms with Crippen molar-refractivity contribution in [1.29, 1.82) is 0 Å². The summed E-state index contributed by atoms with van der Waals surface area (Å²) in [4.78, 5) is 11.7. The van der Waals surface area contributed by atoms with E-state index in [0.29, 0.717) is 17.0 Å². The first kappa shape index (κ1) is 14.9. The molecule has 5 heteroatoms. The van der Waals surface area contributed by atoms with Crippen molar-refractivity contribution in [3.63, 3.8) is 0 Å². The number of carbonyl (C=O) groups is 1. The zero-order valence-electron chi connectivity index (χ0n) is 10.7. The van der Waals surface area contributed by atoms with Gasteiger partial charge in [0.25, 0.3) is 0 Å². The minimum absolute atomic E-state index is 0.174. The predicted molar refractivity (Wildman–Crippen MR) is 74.6 cm³/mol. The highest BCUT2D eigenvalue weighted by atomic mass is 32.2. The maximum atomic E-state index is 11.7. The van der Waals surface area contributed by atoms with Crippen LogP contribution in [-0.2, 0) is 10.5 Å². The largest absolute Gasteiger partial charge is 0.465 e. The van der Waals surface area contributed by atoms with Crippen LogP contribution in [0.1, 0.15) is 22.8 Å². The third-order valence-electron chi connectivity index (χ3n) is 2.54. The molecule has 0 bridgehead atoms. The molecule has 1 aromatic rings. The van der Waals surface area contributed by atoms with Crippen LogP contribution in [-0.4, -0.2) is 30.5 Å². The van der Waals surface area contributed by atoms with E-state index >= 15 is 0 Å². The molecule has 0 radical (unpaired) electrons. The van der Waals surface area contributed by atoms with Gasteiger partial charge in [0, 0.05) is 18.0 Å². The normalized spacial score (nSPS) is 12.2. The number of hydrogen-bond acceptors (Lipinski definition) is 5. The highest BCUT2D eigenvalue weighted by molar-refractivity contribution is 7.98. The number of aliphatic hydroxyl groups excluding tert-OH is 1. The van der Waals surface area contributed by atoms with Crippen LogP contribution >= 0.6 is 11.8 Å². The molecule has 1 aromatic carbocycles. The summed E-state index contributed by atoms with van der Waals surface area (Å²) in [7, 11) is 1.35. The molecule has 1 atom stereocenters. The molecule has 1 rings (SSSR count). The molecule has 100 valence electrons. The summed E-state index contributed by atoms with van der Waals surface area (Å²) in [5.74, 6) is 1.36. The number of nitrogen functional groups attached to an aromatic ring is 1. The van der Waals surface area contributed by atoms with Crippen molar-refractivity contribution in [1.82, 2.24) is 0 Å². The van der Waals surface area contributed by atoms with Gasteiger partial charge < -0.3 is 15.6 Å². The maximum absolute atomic E-state index is 11.7. The second kappa shape index (κ2) is 7.28. The quantitative estimate of drug-likeness (QED) is 0.609. The van der Waals surface area contributed by atoms with Crippen molar-refractivity contribution in [3.05, 3.63) is 29.3 Å². The molecule has 0 aliphatic rings. The summed E-state index contributed by atoms with van der Waals surface area (Å²) < 4.78 is 4.74. The van der Waals surface area contributed by atoms with E-state index in [0.717, 1.165) is 11.3 Å². The first-order valence-corrected chi connectivity index (χ1v) is 6.89. The molecule has 1 unspecified atom stereocenters. The molecule has 0 aromatic heterocycles. The maximum Gasteiger partial charge on any atom is 0.340 e. The lowest BCUT2D eigenvalue weighted by atomic mass is 10.1. The number of thioether (sulfide) groups is 1. The van der Waals surface area contributed by atoms with Crippen LogP contribution in [0, 0.1) is 5.92 Å². The Kier molecular flexibility index (Phi) is 6.01. The van der Waals surface area contributed by atoms with Gasteiger partial charge in [-0.15, -0.1) is 0 Å². The summed E-state index contributed by atoms with van der Waals surface area (Å²) in [6.45, 7) is 2.15. The SMILES string of the molecule is COC(=O)c1c(N)cccc1CSCC(C)CO. The van der Waals surface area contributed by atoms with E-state index in [1.807, 2.05) is 19.1 Å². The van der Waals surface area contributed by atoms with E-state index < -0.39 is 5.97 Å². The van der Waals surface area contributed by atoms with Gasteiger partial charge in [-0.05, 0) is 23.3 Å². The number of benzene rings is 1. The Morgan fingerprint density at radius 2 is 2.28 bits per heavy atom. The van der Waals surface area contributed by atoms with Crippen molar-refractivity contribution in [2.75, 3.05) is 25.2 Å². The fraction of sp³-hybridized carbons (Fsp3) is 0.462. The van der Waals surface area contributed by atoms with Gasteiger partial charge in [0.15, 0.2) is 0 Å². The Morgan fingerprint density at radius 3 is 2.89 bits per heavy atom. The minimum Gasteiger partial charge on any atom is -0.465 e. The van der Waals surface area contributed by atoms with Crippen molar-refractivity contribution < 1.29 is 14.6 Å². The minimum atomic E-state index is -0.404. The molecule has 0 saturated carbocycles. The predicted octanol–water partition coefficient (Wildman–Crippen LogP) is 1.92. The van der Waals surface area contributed by atoms with Gasteiger partial charge in [-0.25, -0.2) is 4.79 Å². The molecule has 0 heterocycles. The number of esters is 1. The molecular formula is C13H19NO3S. The summed E-state index contributed by atoms with van der Waals surface area (Å²) >= 11 is 1.67. The Labute approximate surface area is 112 Å². The average Bonchev–Trinajstić information content (AvgIpc) is 2.37. The number of rotatable bonds is 6. The van der Waals surface area contributed by atoms with E-state index in [1.54, 1.807) is 17.8 Å². The topological polar surface area (TPSA) is 72.5 Å². The third-order valence-corrected chi connectivity index (χ3v) is 3.86. The Morgan fingerprint density at radius 1 is 1.56 bits per heavy atom. The van der Waals surface area contributed by atoms with Crippen LogP contribution in [0.2, 0.25) is 0 Å². The van der Waals surface area contributed by atoms with E-state index in [-0.39, 0.29) is 12.5 Å². The van der Waals surface area contributed by atoms with Crippen LogP contribution in [0.4, 0.5) is 5.69 Å². The molecule has 0 aliphatic carbocycles. The first-order valence-electron chi connectivity index (χ1n) is 5.74. The van der Waals surface area contributed by atoms with Crippen molar-refractivity contribution in [2.24, 2.45) is 5.92 Å². The summed E-state index contributed by atoms with van der Waals surface area (Å²) in [6, 6.07) is 5.39. The molecule has 0 fully saturated rings. The molecule has 0 spiro atoms. The van der Waals surface area contributed by atoms with Crippen LogP contribution in [0.5, 0.6) is 0 Å². The molecule has 0 amide bonds. The third kappa shape index (κ3) is 3.92. The molecule has 4 nitrogen and oxygen atoms in total. The van der Waals surface area contributed by atoms with Gasteiger partial charge in [0.05, 0.1) is 12.7 Å². The van der Waals surface area contributed by atoms with Crippen LogP contribution in [0.3, 0.4) is 0 Å². The summed E-state index contributed by atoms with van der Waals surface area (Å²) in [5, 5.41) is 8.95. The van der Waals surface area contributed by atoms with E-state index in [2.05, 4.69) is 0 Å². The van der Waals surface area contributed by atoms with Crippen LogP contribution in [0.25, 0.3) is 0 Å². The van der Waals surface area contributed by atoms with Crippen molar-refractivity contribution in [3.8, 4) is 0 Å². The van der Waals surface area contributed by atoms with Crippen molar-refractivity contribution >= 4 is 23.4 Å². The van der Waals surface area contributed by atoms with Crippen LogP contribution in [0.15, 0.2) is 18.2 Å². The van der Waals surface area contributed by atoms with Crippen molar-refractivity contribution in [2.45, 2.75) is 12.7 Å². The lowest BCUT2D eigenvalue weighted by molar-refractivity contribution is 0.0601. The Balaban J connectivity index is 2.76. The highest BCUT2D eigenvalue weighted by Gasteiger charge is 2.15. The van der Waals surface area contributed by atoms with Gasteiger partial charge in [-0.3, -0.25) is 0 Å². The van der Waals surface area contributed by atoms with E-state index in [1.165, 1.54) is 7.11 Å². The molecule has 3 N–H and O–H groups in total. The van der Waals surface area contributed by atoms with Crippen LogP contribution < -0.4 is 5.73 Å². The second-order valence-corrected chi connectivity index (χ2v) is 5.21. The van der Waals surface area contributed by atoms with Gasteiger partial charge >= 0.3 is 5.97 Å². The molecular weight excluding hydrogens is 250 g/mol. The smallest absolute Gasteiger partial charge is 0.340 e. The van der Waals surface area contributed by atoms with E-state index in [9.17, 15) is 4.79 Å². The molecule has 18 heavy (non-hydrogen) atoms. The zero-order chi connectivity index (χ0) is 13.5. The second-order valence-electron chi connectivity index (χ2n) is 4.18. The number of anilines is 1. The van der Waals surface area contributed by atoms with Gasteiger partial charge in [-0.1, -0.05) is 19.1 Å². The Bertz CT molecular complexity index is 409. The lowest BCUT2D eigenvalue weighted by Gasteiger charge is -2.11. The highest BCUT2D eigenvalue weighted by Crippen LogP contribution is 2.23. The number of hydrogen-bond donors (Lipinski definition) is 2. The Hall–Kier alpha value is -1.20. The first-order chi connectivity index (χ1) is 8.60. The molecule has 0 aliphatic heterocycles. The monoisotopic (exact) mass is 269 g/mol. The number of methoxy groups -OCH3 is 1. The number of ether oxygens (including phenoxy) is 1. The number of nitrogens with two attached hydrogens (primary N) is 1. The standard InChI is InChI=1S/C13H19NO3S/c1-9(6-15)7-18-8-10-4-3-5-11(14)12(10)13(16)17-2/h3-5,9,15H,6-8,14H2,1-2H3. The fourth-order valence-corrected chi connectivity index (χ4v) is 2.60. The zero-order valence-corrected chi connectivity index (χ0v) is 11.5. The molecule has 0 saturated heterocycles. The average molecular weight is 269 g/mol.